The van der Waals surface area contributed by atoms with Gasteiger partial charge < -0.3 is 38.2 Å². The van der Waals surface area contributed by atoms with Crippen LogP contribution in [0.1, 0.15) is 0 Å². The molecule has 140 valence electrons. The number of phosphoric ester groups is 1. The second kappa shape index (κ2) is 13.4. The molecule has 0 spiro atoms. The van der Waals surface area contributed by atoms with Crippen molar-refractivity contribution in [3.05, 3.63) is 0 Å². The maximum Gasteiger partial charge on any atom is 0.329 e. The highest BCUT2D eigenvalue weighted by Crippen LogP contribution is 2.43. The average molecular weight is 381 g/mol. The molecule has 0 aliphatic carbocycles. The van der Waals surface area contributed by atoms with Crippen LogP contribution < -0.4 is 4.89 Å². The second-order valence-electron chi connectivity index (χ2n) is 3.92. The van der Waals surface area contributed by atoms with Gasteiger partial charge in [-0.25, -0.2) is 0 Å². The number of phosphoric acid groups is 1. The van der Waals surface area contributed by atoms with Crippen molar-refractivity contribution in [3.8, 4) is 0 Å². The Hall–Kier alpha value is 0.1000. The summed E-state index contributed by atoms with van der Waals surface area (Å²) in [7, 11) is -7.73. The maximum atomic E-state index is 11.4. The van der Waals surface area contributed by atoms with E-state index in [-0.39, 0.29) is 52.9 Å². The number of aliphatic hydroxyl groups excluding tert-OH is 2. The monoisotopic (exact) mass is 381 g/mol. The molecule has 2 N–H and O–H groups in total. The molecule has 0 saturated carbocycles. The van der Waals surface area contributed by atoms with Crippen LogP contribution in [0.4, 0.5) is 0 Å². The van der Waals surface area contributed by atoms with E-state index in [1.165, 1.54) is 6.66 Å². The SMILES string of the molecule is CP(=O)(OCO)OCCOCCOP(=O)([O-])OCCOCCO. The third kappa shape index (κ3) is 15.4. The van der Waals surface area contributed by atoms with Gasteiger partial charge in [-0.2, -0.15) is 0 Å². The second-order valence-corrected chi connectivity index (χ2v) is 7.39. The summed E-state index contributed by atoms with van der Waals surface area (Å²) in [5, 5.41) is 16.9. The fourth-order valence-corrected chi connectivity index (χ4v) is 2.49. The standard InChI is InChI=1S/C10H24O11P2/c1-22(13,21-10-12)18-7-4-17-6-9-20-23(14,15)19-8-5-16-3-2-11/h11-12H,2-10H2,1H3,(H,14,15)/p-1. The van der Waals surface area contributed by atoms with Gasteiger partial charge in [0.15, 0.2) is 6.79 Å². The third-order valence-corrected chi connectivity index (χ3v) is 4.27. The van der Waals surface area contributed by atoms with Crippen LogP contribution in [0.2, 0.25) is 0 Å². The van der Waals surface area contributed by atoms with E-state index in [2.05, 4.69) is 13.6 Å². The van der Waals surface area contributed by atoms with Gasteiger partial charge in [-0.15, -0.1) is 0 Å². The average Bonchev–Trinajstić information content (AvgIpc) is 2.45. The first kappa shape index (κ1) is 23.1. The first-order chi connectivity index (χ1) is 10.8. The van der Waals surface area contributed by atoms with E-state index >= 15 is 0 Å². The Labute approximate surface area is 134 Å². The van der Waals surface area contributed by atoms with Crippen LogP contribution in [-0.2, 0) is 36.7 Å². The highest BCUT2D eigenvalue weighted by molar-refractivity contribution is 7.52. The summed E-state index contributed by atoms with van der Waals surface area (Å²) in [4.78, 5) is 11.3. The Morgan fingerprint density at radius 1 is 0.783 bits per heavy atom. The number of ether oxygens (including phenoxy) is 2. The van der Waals surface area contributed by atoms with Gasteiger partial charge in [0, 0.05) is 6.66 Å². The molecule has 0 saturated heterocycles. The zero-order chi connectivity index (χ0) is 17.6. The van der Waals surface area contributed by atoms with Crippen LogP contribution in [0.3, 0.4) is 0 Å². The van der Waals surface area contributed by atoms with E-state index in [9.17, 15) is 14.0 Å². The number of hydrogen-bond acceptors (Lipinski definition) is 11. The Morgan fingerprint density at radius 2 is 1.26 bits per heavy atom. The summed E-state index contributed by atoms with van der Waals surface area (Å²) in [5.74, 6) is 0. The van der Waals surface area contributed by atoms with E-state index in [0.717, 1.165) is 0 Å². The molecule has 0 rings (SSSR count). The predicted octanol–water partition coefficient (Wildman–Crippen LogP) is -0.681. The van der Waals surface area contributed by atoms with Crippen molar-refractivity contribution in [3.63, 3.8) is 0 Å². The summed E-state index contributed by atoms with van der Waals surface area (Å²) in [6.45, 7) is -0.110. The van der Waals surface area contributed by atoms with Gasteiger partial charge in [-0.3, -0.25) is 13.7 Å². The Balaban J connectivity index is 3.55. The lowest BCUT2D eigenvalue weighted by Crippen LogP contribution is -2.15. The molecule has 0 amide bonds. The summed E-state index contributed by atoms with van der Waals surface area (Å²) in [5.41, 5.74) is 0. The van der Waals surface area contributed by atoms with E-state index in [1.807, 2.05) is 0 Å². The minimum atomic E-state index is -4.43. The topological polar surface area (TPSA) is 153 Å². The fourth-order valence-electron chi connectivity index (χ4n) is 1.13. The molecule has 0 aliphatic rings. The van der Waals surface area contributed by atoms with Gasteiger partial charge >= 0.3 is 7.60 Å². The van der Waals surface area contributed by atoms with Crippen LogP contribution in [0.25, 0.3) is 0 Å². The van der Waals surface area contributed by atoms with Gasteiger partial charge in [-0.05, 0) is 0 Å². The Bertz CT molecular complexity index is 378. The largest absolute Gasteiger partial charge is 0.756 e. The Morgan fingerprint density at radius 3 is 1.74 bits per heavy atom. The first-order valence-corrected chi connectivity index (χ1v) is 10.1. The fraction of sp³-hybridized carbons (Fsp3) is 1.00. The Kier molecular flexibility index (Phi) is 13.5. The van der Waals surface area contributed by atoms with Crippen molar-refractivity contribution in [1.29, 1.82) is 0 Å². The van der Waals surface area contributed by atoms with E-state index in [4.69, 9.17) is 24.2 Å². The van der Waals surface area contributed by atoms with Crippen LogP contribution in [-0.4, -0.2) is 76.5 Å². The smallest absolute Gasteiger partial charge is 0.329 e. The van der Waals surface area contributed by atoms with E-state index < -0.39 is 22.2 Å². The molecule has 0 heterocycles. The highest BCUT2D eigenvalue weighted by atomic mass is 31.2. The number of rotatable bonds is 16. The molecule has 0 aromatic heterocycles. The normalized spacial score (nSPS) is 16.9. The van der Waals surface area contributed by atoms with Crippen molar-refractivity contribution in [2.24, 2.45) is 0 Å². The molecule has 0 aromatic carbocycles. The predicted molar refractivity (Wildman–Crippen MR) is 75.9 cm³/mol. The first-order valence-electron chi connectivity index (χ1n) is 6.67. The molecule has 0 bridgehead atoms. The summed E-state index contributed by atoms with van der Waals surface area (Å²) < 4.78 is 50.8. The maximum absolute atomic E-state index is 11.4. The lowest BCUT2D eigenvalue weighted by Gasteiger charge is -2.22. The lowest BCUT2D eigenvalue weighted by atomic mass is 10.7. The minimum Gasteiger partial charge on any atom is -0.756 e. The van der Waals surface area contributed by atoms with Crippen molar-refractivity contribution in [1.82, 2.24) is 0 Å². The van der Waals surface area contributed by atoms with Gasteiger partial charge in [0.2, 0.25) is 0 Å². The van der Waals surface area contributed by atoms with Crippen LogP contribution in [0, 0.1) is 0 Å². The third-order valence-electron chi connectivity index (χ3n) is 2.04. The van der Waals surface area contributed by atoms with Gasteiger partial charge in [0.1, 0.15) is 0 Å². The zero-order valence-corrected chi connectivity index (χ0v) is 14.6. The molecule has 0 aromatic rings. The van der Waals surface area contributed by atoms with E-state index in [1.54, 1.807) is 0 Å². The molecule has 0 aliphatic heterocycles. The number of aliphatic hydroxyl groups is 2. The molecule has 11 nitrogen and oxygen atoms in total. The zero-order valence-electron chi connectivity index (χ0n) is 12.8. The van der Waals surface area contributed by atoms with Crippen molar-refractivity contribution in [2.45, 2.75) is 0 Å². The molecule has 2 atom stereocenters. The summed E-state index contributed by atoms with van der Waals surface area (Å²) in [6.07, 6.45) is 0. The molecule has 0 fully saturated rings. The lowest BCUT2D eigenvalue weighted by molar-refractivity contribution is -0.227. The molecule has 0 radical (unpaired) electrons. The van der Waals surface area contributed by atoms with Crippen molar-refractivity contribution >= 4 is 15.4 Å². The number of hydrogen-bond donors (Lipinski definition) is 2. The minimum absolute atomic E-state index is 0.0109. The van der Waals surface area contributed by atoms with E-state index in [0.29, 0.717) is 0 Å². The van der Waals surface area contributed by atoms with Crippen LogP contribution in [0.5, 0.6) is 0 Å². The summed E-state index contributed by atoms with van der Waals surface area (Å²) in [6, 6.07) is 0. The van der Waals surface area contributed by atoms with Gasteiger partial charge in [0.05, 0.1) is 52.9 Å². The molecular formula is C10H23O11P2-. The van der Waals surface area contributed by atoms with Crippen molar-refractivity contribution in [2.75, 3.05) is 66.3 Å². The van der Waals surface area contributed by atoms with Crippen LogP contribution >= 0.6 is 15.4 Å². The van der Waals surface area contributed by atoms with Crippen LogP contribution in [0.15, 0.2) is 0 Å². The summed E-state index contributed by atoms with van der Waals surface area (Å²) >= 11 is 0. The quantitative estimate of drug-likeness (QED) is 0.199. The van der Waals surface area contributed by atoms with Gasteiger partial charge in [0.25, 0.3) is 7.82 Å². The van der Waals surface area contributed by atoms with Crippen molar-refractivity contribution < 1.29 is 51.8 Å². The molecule has 2 unspecified atom stereocenters. The van der Waals surface area contributed by atoms with Gasteiger partial charge in [-0.1, -0.05) is 0 Å². The molecule has 13 heteroatoms. The molecular weight excluding hydrogens is 358 g/mol. The highest BCUT2D eigenvalue weighted by Gasteiger charge is 2.15. The molecule has 23 heavy (non-hydrogen) atoms.